The summed E-state index contributed by atoms with van der Waals surface area (Å²) in [5, 5.41) is 2.18. The molecule has 0 saturated heterocycles. The Labute approximate surface area is 123 Å². The Hall–Kier alpha value is -1.85. The van der Waals surface area contributed by atoms with Crippen molar-refractivity contribution in [3.05, 3.63) is 57.6 Å². The number of rotatable bonds is 2. The van der Waals surface area contributed by atoms with Gasteiger partial charge in [0.15, 0.2) is 5.82 Å². The summed E-state index contributed by atoms with van der Waals surface area (Å²) < 4.78 is 26.5. The van der Waals surface area contributed by atoms with Crippen LogP contribution >= 0.6 is 23.2 Å². The zero-order chi connectivity index (χ0) is 14.9. The second kappa shape index (κ2) is 5.64. The summed E-state index contributed by atoms with van der Waals surface area (Å²) in [6.45, 7) is 0. The average Bonchev–Trinajstić information content (AvgIpc) is 2.36. The number of nitrogen functional groups attached to an aromatic ring is 1. The van der Waals surface area contributed by atoms with Crippen molar-refractivity contribution in [3.8, 4) is 0 Å². The number of nitrogens with two attached hydrogens (primary N) is 1. The number of anilines is 2. The van der Waals surface area contributed by atoms with Gasteiger partial charge in [-0.1, -0.05) is 29.3 Å². The van der Waals surface area contributed by atoms with Gasteiger partial charge in [-0.05, 0) is 18.2 Å². The molecule has 0 bridgehead atoms. The number of hydrogen-bond donors (Lipinski definition) is 2. The van der Waals surface area contributed by atoms with E-state index in [9.17, 15) is 13.6 Å². The number of halogens is 4. The predicted octanol–water partition coefficient (Wildman–Crippen LogP) is 4.11. The van der Waals surface area contributed by atoms with Crippen molar-refractivity contribution >= 4 is 40.5 Å². The van der Waals surface area contributed by atoms with E-state index in [-0.39, 0.29) is 27.0 Å². The molecule has 20 heavy (non-hydrogen) atoms. The van der Waals surface area contributed by atoms with E-state index in [2.05, 4.69) is 5.32 Å². The lowest BCUT2D eigenvalue weighted by Crippen LogP contribution is -2.15. The Bertz CT molecular complexity index is 669. The molecule has 0 heterocycles. The molecule has 0 unspecified atom stereocenters. The summed E-state index contributed by atoms with van der Waals surface area (Å²) in [5.74, 6) is -2.52. The van der Waals surface area contributed by atoms with Gasteiger partial charge in [0.25, 0.3) is 5.91 Å². The molecule has 0 fully saturated rings. The number of hydrogen-bond acceptors (Lipinski definition) is 2. The lowest BCUT2D eigenvalue weighted by Gasteiger charge is -2.10. The molecule has 0 aromatic heterocycles. The van der Waals surface area contributed by atoms with Crippen LogP contribution in [0.4, 0.5) is 20.2 Å². The number of carbonyl (C=O) groups is 1. The summed E-state index contributed by atoms with van der Waals surface area (Å²) in [4.78, 5) is 12.0. The molecule has 0 aliphatic heterocycles. The minimum Gasteiger partial charge on any atom is -0.397 e. The summed E-state index contributed by atoms with van der Waals surface area (Å²) in [5.41, 5.74) is 5.46. The van der Waals surface area contributed by atoms with Crippen LogP contribution in [0.15, 0.2) is 30.3 Å². The van der Waals surface area contributed by atoms with Crippen LogP contribution in [0.1, 0.15) is 10.4 Å². The van der Waals surface area contributed by atoms with Gasteiger partial charge in [0, 0.05) is 6.07 Å². The molecule has 0 spiro atoms. The SMILES string of the molecule is Nc1c(Cl)cccc1C(=O)Nc1c(F)cc(F)cc1Cl. The van der Waals surface area contributed by atoms with Gasteiger partial charge < -0.3 is 11.1 Å². The Morgan fingerprint density at radius 2 is 1.85 bits per heavy atom. The van der Waals surface area contributed by atoms with E-state index < -0.39 is 17.5 Å². The van der Waals surface area contributed by atoms with E-state index in [1.807, 2.05) is 0 Å². The molecular weight excluding hydrogens is 309 g/mol. The van der Waals surface area contributed by atoms with Crippen LogP contribution in [0.2, 0.25) is 10.0 Å². The van der Waals surface area contributed by atoms with Crippen LogP contribution in [0.25, 0.3) is 0 Å². The molecule has 104 valence electrons. The highest BCUT2D eigenvalue weighted by atomic mass is 35.5. The number of benzene rings is 2. The largest absolute Gasteiger partial charge is 0.397 e. The summed E-state index contributed by atoms with van der Waals surface area (Å²) in [6, 6.07) is 5.96. The van der Waals surface area contributed by atoms with Crippen molar-refractivity contribution in [2.75, 3.05) is 11.1 Å². The van der Waals surface area contributed by atoms with E-state index in [1.165, 1.54) is 18.2 Å². The minimum atomic E-state index is -0.982. The minimum absolute atomic E-state index is 0.0605. The van der Waals surface area contributed by atoms with Crippen LogP contribution < -0.4 is 11.1 Å². The first-order valence-electron chi connectivity index (χ1n) is 5.40. The highest BCUT2D eigenvalue weighted by Crippen LogP contribution is 2.28. The van der Waals surface area contributed by atoms with Gasteiger partial charge in [0.1, 0.15) is 5.82 Å². The normalized spacial score (nSPS) is 10.4. The average molecular weight is 317 g/mol. The van der Waals surface area contributed by atoms with Gasteiger partial charge in [-0.3, -0.25) is 4.79 Å². The second-order valence-electron chi connectivity index (χ2n) is 3.90. The van der Waals surface area contributed by atoms with E-state index in [0.717, 1.165) is 6.07 Å². The van der Waals surface area contributed by atoms with Crippen molar-refractivity contribution in [3.63, 3.8) is 0 Å². The molecule has 3 N–H and O–H groups in total. The smallest absolute Gasteiger partial charge is 0.257 e. The number of nitrogens with one attached hydrogen (secondary N) is 1. The van der Waals surface area contributed by atoms with Crippen LogP contribution in [-0.4, -0.2) is 5.91 Å². The fourth-order valence-corrected chi connectivity index (χ4v) is 1.99. The van der Waals surface area contributed by atoms with E-state index >= 15 is 0 Å². The fraction of sp³-hybridized carbons (Fsp3) is 0. The van der Waals surface area contributed by atoms with Gasteiger partial charge in [0.05, 0.1) is 27.0 Å². The maximum atomic E-state index is 13.6. The Kier molecular flexibility index (Phi) is 4.11. The molecule has 1 amide bonds. The first kappa shape index (κ1) is 14.6. The van der Waals surface area contributed by atoms with Crippen LogP contribution in [0, 0.1) is 11.6 Å². The third kappa shape index (κ3) is 2.84. The van der Waals surface area contributed by atoms with Crippen molar-refractivity contribution < 1.29 is 13.6 Å². The highest BCUT2D eigenvalue weighted by molar-refractivity contribution is 6.35. The molecule has 0 radical (unpaired) electrons. The standard InChI is InChI=1S/C13H8Cl2F2N2O/c14-8-3-1-2-7(11(8)18)13(20)19-12-9(15)4-6(16)5-10(12)17/h1-5H,18H2,(H,19,20). The first-order chi connectivity index (χ1) is 9.40. The van der Waals surface area contributed by atoms with Gasteiger partial charge >= 0.3 is 0 Å². The van der Waals surface area contributed by atoms with Gasteiger partial charge in [-0.15, -0.1) is 0 Å². The molecule has 2 aromatic carbocycles. The van der Waals surface area contributed by atoms with Crippen molar-refractivity contribution in [1.82, 2.24) is 0 Å². The zero-order valence-electron chi connectivity index (χ0n) is 9.88. The molecule has 2 rings (SSSR count). The quantitative estimate of drug-likeness (QED) is 0.819. The number of carbonyl (C=O) groups excluding carboxylic acids is 1. The fourth-order valence-electron chi connectivity index (χ4n) is 1.58. The Morgan fingerprint density at radius 3 is 2.50 bits per heavy atom. The number of amides is 1. The first-order valence-corrected chi connectivity index (χ1v) is 6.15. The second-order valence-corrected chi connectivity index (χ2v) is 4.71. The van der Waals surface area contributed by atoms with E-state index in [0.29, 0.717) is 6.07 Å². The lowest BCUT2D eigenvalue weighted by atomic mass is 10.1. The molecule has 7 heteroatoms. The third-order valence-electron chi connectivity index (χ3n) is 2.54. The molecule has 0 atom stereocenters. The van der Waals surface area contributed by atoms with Gasteiger partial charge in [-0.25, -0.2) is 8.78 Å². The van der Waals surface area contributed by atoms with Gasteiger partial charge in [-0.2, -0.15) is 0 Å². The molecule has 2 aromatic rings. The van der Waals surface area contributed by atoms with Crippen molar-refractivity contribution in [2.24, 2.45) is 0 Å². The van der Waals surface area contributed by atoms with E-state index in [1.54, 1.807) is 0 Å². The van der Waals surface area contributed by atoms with Crippen LogP contribution in [-0.2, 0) is 0 Å². The molecule has 0 aliphatic carbocycles. The monoisotopic (exact) mass is 316 g/mol. The number of para-hydroxylation sites is 1. The molecular formula is C13H8Cl2F2N2O. The Morgan fingerprint density at radius 1 is 1.15 bits per heavy atom. The maximum Gasteiger partial charge on any atom is 0.257 e. The summed E-state index contributed by atoms with van der Waals surface area (Å²) >= 11 is 11.5. The Balaban J connectivity index is 2.36. The molecule has 0 aliphatic rings. The van der Waals surface area contributed by atoms with E-state index in [4.69, 9.17) is 28.9 Å². The van der Waals surface area contributed by atoms with Gasteiger partial charge in [0.2, 0.25) is 0 Å². The van der Waals surface area contributed by atoms with Crippen LogP contribution in [0.3, 0.4) is 0 Å². The van der Waals surface area contributed by atoms with Crippen molar-refractivity contribution in [1.29, 1.82) is 0 Å². The van der Waals surface area contributed by atoms with Crippen LogP contribution in [0.5, 0.6) is 0 Å². The topological polar surface area (TPSA) is 55.1 Å². The third-order valence-corrected chi connectivity index (χ3v) is 3.17. The molecule has 0 saturated carbocycles. The summed E-state index contributed by atoms with van der Waals surface area (Å²) in [7, 11) is 0. The maximum absolute atomic E-state index is 13.6. The highest BCUT2D eigenvalue weighted by Gasteiger charge is 2.16. The zero-order valence-corrected chi connectivity index (χ0v) is 11.4. The van der Waals surface area contributed by atoms with Crippen molar-refractivity contribution in [2.45, 2.75) is 0 Å². The summed E-state index contributed by atoms with van der Waals surface area (Å²) in [6.07, 6.45) is 0. The molecule has 3 nitrogen and oxygen atoms in total. The predicted molar refractivity (Wildman–Crippen MR) is 75.2 cm³/mol. The lowest BCUT2D eigenvalue weighted by molar-refractivity contribution is 0.102.